The molecule has 1 saturated carbocycles. The van der Waals surface area contributed by atoms with Gasteiger partial charge in [-0.3, -0.25) is 9.59 Å². The van der Waals surface area contributed by atoms with E-state index in [1.165, 1.54) is 29.5 Å². The number of benzene rings is 2. The first kappa shape index (κ1) is 24.6. The molecule has 0 saturated heterocycles. The second-order valence-electron chi connectivity index (χ2n) is 8.39. The second-order valence-corrected chi connectivity index (χ2v) is 9.42. The van der Waals surface area contributed by atoms with E-state index in [9.17, 15) is 27.2 Å². The zero-order valence-corrected chi connectivity index (χ0v) is 19.8. The van der Waals surface area contributed by atoms with Crippen LogP contribution in [-0.2, 0) is 22.2 Å². The minimum absolute atomic E-state index is 0.0414. The van der Waals surface area contributed by atoms with Crippen LogP contribution in [0.15, 0.2) is 54.6 Å². The first-order chi connectivity index (χ1) is 17.6. The van der Waals surface area contributed by atoms with Crippen LogP contribution < -0.4 is 15.4 Å². The number of ether oxygens (including phenoxy) is 1. The highest BCUT2D eigenvalue weighted by molar-refractivity contribution is 7.22. The summed E-state index contributed by atoms with van der Waals surface area (Å²) >= 11 is 1.30. The Bertz CT molecular complexity index is 1500. The molecule has 0 atom stereocenters. The molecule has 0 radical (unpaired) electrons. The van der Waals surface area contributed by atoms with Gasteiger partial charge in [0.15, 0.2) is 5.13 Å². The van der Waals surface area contributed by atoms with Crippen molar-refractivity contribution in [1.29, 1.82) is 0 Å². The standard InChI is InChI=1S/C25H18F4N4O3S/c26-17-8-6-15(11-19(17)31-22(34)10-14-2-1-3-21(30-14)25(27,28)29)36-16-7-9-18-20(12-16)37-24(32-18)33-23(35)13-4-5-13/h1-3,6-9,11-13H,4-5,10H2,(H,31,34)(H,32,33,35). The van der Waals surface area contributed by atoms with Crippen LogP contribution in [0.25, 0.3) is 10.2 Å². The lowest BCUT2D eigenvalue weighted by Crippen LogP contribution is -2.17. The summed E-state index contributed by atoms with van der Waals surface area (Å²) < 4.78 is 59.5. The molecule has 12 heteroatoms. The van der Waals surface area contributed by atoms with Crippen molar-refractivity contribution in [2.45, 2.75) is 25.4 Å². The number of carbonyl (C=O) groups excluding carboxylic acids is 2. The van der Waals surface area contributed by atoms with Crippen LogP contribution in [0.5, 0.6) is 11.5 Å². The second kappa shape index (κ2) is 9.77. The summed E-state index contributed by atoms with van der Waals surface area (Å²) in [7, 11) is 0. The number of aromatic nitrogens is 2. The van der Waals surface area contributed by atoms with E-state index >= 15 is 0 Å². The van der Waals surface area contributed by atoms with E-state index in [1.54, 1.807) is 18.2 Å². The number of alkyl halides is 3. The van der Waals surface area contributed by atoms with E-state index in [1.807, 2.05) is 0 Å². The van der Waals surface area contributed by atoms with Crippen molar-refractivity contribution in [3.63, 3.8) is 0 Å². The monoisotopic (exact) mass is 530 g/mol. The zero-order chi connectivity index (χ0) is 26.2. The lowest BCUT2D eigenvalue weighted by molar-refractivity contribution is -0.141. The van der Waals surface area contributed by atoms with Gasteiger partial charge in [-0.25, -0.2) is 14.4 Å². The van der Waals surface area contributed by atoms with Crippen LogP contribution in [0.1, 0.15) is 24.2 Å². The molecule has 0 aliphatic heterocycles. The summed E-state index contributed by atoms with van der Waals surface area (Å²) in [5.41, 5.74) is -0.738. The number of rotatable bonds is 7. The van der Waals surface area contributed by atoms with Gasteiger partial charge in [-0.2, -0.15) is 13.2 Å². The highest BCUT2D eigenvalue weighted by Gasteiger charge is 2.32. The highest BCUT2D eigenvalue weighted by atomic mass is 32.1. The van der Waals surface area contributed by atoms with E-state index in [2.05, 4.69) is 20.6 Å². The smallest absolute Gasteiger partial charge is 0.433 e. The van der Waals surface area contributed by atoms with Gasteiger partial charge in [0.1, 0.15) is 23.0 Å². The molecule has 190 valence electrons. The molecule has 37 heavy (non-hydrogen) atoms. The Morgan fingerprint density at radius 2 is 1.76 bits per heavy atom. The van der Waals surface area contributed by atoms with Gasteiger partial charge in [0, 0.05) is 18.1 Å². The molecule has 2 aromatic carbocycles. The molecule has 0 unspecified atom stereocenters. The Balaban J connectivity index is 1.26. The minimum Gasteiger partial charge on any atom is -0.457 e. The molecule has 5 rings (SSSR count). The maximum atomic E-state index is 14.3. The Morgan fingerprint density at radius 3 is 2.51 bits per heavy atom. The van der Waals surface area contributed by atoms with E-state index in [0.717, 1.165) is 35.7 Å². The summed E-state index contributed by atoms with van der Waals surface area (Å²) in [5, 5.41) is 5.64. The lowest BCUT2D eigenvalue weighted by Gasteiger charge is -2.11. The summed E-state index contributed by atoms with van der Waals surface area (Å²) in [6, 6.07) is 12.1. The van der Waals surface area contributed by atoms with E-state index in [4.69, 9.17) is 4.74 Å². The Kier molecular flexibility index (Phi) is 6.50. The SMILES string of the molecule is O=C(Cc1cccc(C(F)(F)F)n1)Nc1cc(Oc2ccc3nc(NC(=O)C4CC4)sc3c2)ccc1F. The molecule has 1 fully saturated rings. The van der Waals surface area contributed by atoms with Crippen molar-refractivity contribution in [2.24, 2.45) is 5.92 Å². The molecular formula is C25H18F4N4O3S. The summed E-state index contributed by atoms with van der Waals surface area (Å²) in [6.45, 7) is 0. The number of pyridine rings is 1. The number of amides is 2. The minimum atomic E-state index is -4.64. The first-order valence-electron chi connectivity index (χ1n) is 11.2. The quantitative estimate of drug-likeness (QED) is 0.279. The molecule has 7 nitrogen and oxygen atoms in total. The van der Waals surface area contributed by atoms with Crippen molar-refractivity contribution in [2.75, 3.05) is 10.6 Å². The summed E-state index contributed by atoms with van der Waals surface area (Å²) in [4.78, 5) is 32.2. The van der Waals surface area contributed by atoms with Gasteiger partial charge in [0.05, 0.1) is 28.0 Å². The lowest BCUT2D eigenvalue weighted by atomic mass is 10.2. The van der Waals surface area contributed by atoms with Gasteiger partial charge in [0.25, 0.3) is 0 Å². The first-order valence-corrected chi connectivity index (χ1v) is 12.0. The number of hydrogen-bond donors (Lipinski definition) is 2. The predicted molar refractivity (Wildman–Crippen MR) is 129 cm³/mol. The molecule has 0 bridgehead atoms. The van der Waals surface area contributed by atoms with Crippen molar-refractivity contribution < 1.29 is 31.9 Å². The third-order valence-electron chi connectivity index (χ3n) is 5.42. The van der Waals surface area contributed by atoms with Crippen LogP contribution >= 0.6 is 11.3 Å². The number of fused-ring (bicyclic) bond motifs is 1. The van der Waals surface area contributed by atoms with Gasteiger partial charge in [-0.05, 0) is 49.2 Å². The maximum absolute atomic E-state index is 14.3. The Labute approximate surface area is 211 Å². The number of nitrogens with zero attached hydrogens (tertiary/aromatic N) is 2. The molecule has 4 aromatic rings. The number of anilines is 2. The Morgan fingerprint density at radius 1 is 1.00 bits per heavy atom. The summed E-state index contributed by atoms with van der Waals surface area (Å²) in [6.07, 6.45) is -3.34. The number of halogens is 4. The van der Waals surface area contributed by atoms with Crippen molar-refractivity contribution >= 4 is 44.2 Å². The predicted octanol–water partition coefficient (Wildman–Crippen LogP) is 6.17. The van der Waals surface area contributed by atoms with Crippen molar-refractivity contribution in [1.82, 2.24) is 9.97 Å². The fourth-order valence-electron chi connectivity index (χ4n) is 3.47. The van der Waals surface area contributed by atoms with Crippen LogP contribution in [-0.4, -0.2) is 21.8 Å². The largest absolute Gasteiger partial charge is 0.457 e. The molecule has 2 aromatic heterocycles. The fraction of sp³-hybridized carbons (Fsp3) is 0.200. The van der Waals surface area contributed by atoms with Gasteiger partial charge >= 0.3 is 6.18 Å². The Hall–Kier alpha value is -4.06. The molecule has 2 heterocycles. The molecular weight excluding hydrogens is 512 g/mol. The molecule has 2 N–H and O–H groups in total. The molecule has 1 aliphatic rings. The van der Waals surface area contributed by atoms with Gasteiger partial charge in [-0.15, -0.1) is 0 Å². The number of carbonyl (C=O) groups is 2. The van der Waals surface area contributed by atoms with Crippen LogP contribution in [0.3, 0.4) is 0 Å². The number of hydrogen-bond acceptors (Lipinski definition) is 6. The van der Waals surface area contributed by atoms with Crippen LogP contribution in [0, 0.1) is 11.7 Å². The zero-order valence-electron chi connectivity index (χ0n) is 18.9. The van der Waals surface area contributed by atoms with Crippen LogP contribution in [0.4, 0.5) is 28.4 Å². The number of nitrogens with one attached hydrogen (secondary N) is 2. The normalized spacial score (nSPS) is 13.4. The van der Waals surface area contributed by atoms with Crippen LogP contribution in [0.2, 0.25) is 0 Å². The van der Waals surface area contributed by atoms with E-state index in [0.29, 0.717) is 16.4 Å². The van der Waals surface area contributed by atoms with Gasteiger partial charge in [-0.1, -0.05) is 17.4 Å². The average Bonchev–Trinajstić information content (AvgIpc) is 3.61. The van der Waals surface area contributed by atoms with Gasteiger partial charge < -0.3 is 15.4 Å². The van der Waals surface area contributed by atoms with E-state index in [-0.39, 0.29) is 29.0 Å². The average molecular weight is 531 g/mol. The van der Waals surface area contributed by atoms with Gasteiger partial charge in [0.2, 0.25) is 11.8 Å². The molecule has 2 amide bonds. The third kappa shape index (κ3) is 6.02. The molecule has 0 spiro atoms. The topological polar surface area (TPSA) is 93.2 Å². The van der Waals surface area contributed by atoms with Crippen molar-refractivity contribution in [3.05, 3.63) is 71.8 Å². The maximum Gasteiger partial charge on any atom is 0.433 e. The molecule has 1 aliphatic carbocycles. The summed E-state index contributed by atoms with van der Waals surface area (Å²) in [5.74, 6) is -0.824. The number of thiazole rings is 1. The van der Waals surface area contributed by atoms with Crippen molar-refractivity contribution in [3.8, 4) is 11.5 Å². The van der Waals surface area contributed by atoms with E-state index < -0.39 is 30.0 Å². The highest BCUT2D eigenvalue weighted by Crippen LogP contribution is 2.35. The third-order valence-corrected chi connectivity index (χ3v) is 6.36. The fourth-order valence-corrected chi connectivity index (χ4v) is 4.37.